The van der Waals surface area contributed by atoms with Crippen molar-refractivity contribution in [3.05, 3.63) is 47.0 Å². The Morgan fingerprint density at radius 3 is 3.00 bits per heavy atom. The Balaban J connectivity index is 1.81. The Morgan fingerprint density at radius 2 is 2.35 bits per heavy atom. The number of benzene rings is 1. The van der Waals surface area contributed by atoms with Gasteiger partial charge in [-0.3, -0.25) is 10.00 Å². The first-order chi connectivity index (χ1) is 11.1. The van der Waals surface area contributed by atoms with E-state index in [1.165, 1.54) is 0 Å². The van der Waals surface area contributed by atoms with Gasteiger partial charge in [0, 0.05) is 20.2 Å². The first-order valence-electron chi connectivity index (χ1n) is 7.55. The Bertz CT molecular complexity index is 700. The number of likely N-dealkylation sites (tertiary alicyclic amines) is 1. The lowest BCUT2D eigenvalue weighted by Crippen LogP contribution is -2.25. The molecule has 0 saturated carbocycles. The molecule has 122 valence electrons. The molecule has 7 heteroatoms. The summed E-state index contributed by atoms with van der Waals surface area (Å²) in [5, 5.41) is 16.3. The van der Waals surface area contributed by atoms with E-state index in [9.17, 15) is 4.79 Å². The van der Waals surface area contributed by atoms with Gasteiger partial charge in [0.25, 0.3) is 0 Å². The summed E-state index contributed by atoms with van der Waals surface area (Å²) >= 11 is 0. The molecule has 2 N–H and O–H groups in total. The average molecular weight is 316 g/mol. The SMILES string of the molecule is CO[C@@H]1C[C@@H](c2n[nH]c(C)n2)N(Cc2cccc(C(=O)O)c2)C1. The third kappa shape index (κ3) is 3.40. The van der Waals surface area contributed by atoms with Crippen molar-refractivity contribution in [1.82, 2.24) is 20.1 Å². The second-order valence-electron chi connectivity index (χ2n) is 5.82. The molecule has 0 bridgehead atoms. The van der Waals surface area contributed by atoms with E-state index >= 15 is 0 Å². The monoisotopic (exact) mass is 316 g/mol. The molecule has 0 spiro atoms. The van der Waals surface area contributed by atoms with Crippen LogP contribution in [0.25, 0.3) is 0 Å². The van der Waals surface area contributed by atoms with Gasteiger partial charge in [0.1, 0.15) is 5.82 Å². The molecule has 1 aliphatic heterocycles. The largest absolute Gasteiger partial charge is 0.478 e. The molecule has 1 aromatic heterocycles. The third-order valence-electron chi connectivity index (χ3n) is 4.17. The maximum Gasteiger partial charge on any atom is 0.335 e. The molecule has 1 aliphatic rings. The molecule has 1 aromatic carbocycles. The van der Waals surface area contributed by atoms with E-state index in [4.69, 9.17) is 9.84 Å². The summed E-state index contributed by atoms with van der Waals surface area (Å²) in [5.41, 5.74) is 1.26. The summed E-state index contributed by atoms with van der Waals surface area (Å²) in [6.45, 7) is 3.28. The van der Waals surface area contributed by atoms with Crippen LogP contribution in [0.4, 0.5) is 0 Å². The molecule has 1 saturated heterocycles. The summed E-state index contributed by atoms with van der Waals surface area (Å²) in [5.74, 6) is 0.634. The number of aromatic carboxylic acids is 1. The lowest BCUT2D eigenvalue weighted by Gasteiger charge is -2.22. The number of carboxylic acids is 1. The van der Waals surface area contributed by atoms with Gasteiger partial charge in [-0.25, -0.2) is 9.78 Å². The summed E-state index contributed by atoms with van der Waals surface area (Å²) in [7, 11) is 1.71. The van der Waals surface area contributed by atoms with Crippen LogP contribution in [-0.4, -0.2) is 50.9 Å². The van der Waals surface area contributed by atoms with Gasteiger partial charge in [0.05, 0.1) is 17.7 Å². The van der Waals surface area contributed by atoms with E-state index in [2.05, 4.69) is 20.1 Å². The number of H-pyrrole nitrogens is 1. The van der Waals surface area contributed by atoms with Crippen LogP contribution in [0.5, 0.6) is 0 Å². The minimum absolute atomic E-state index is 0.0679. The van der Waals surface area contributed by atoms with Crippen molar-refractivity contribution in [2.45, 2.75) is 32.0 Å². The average Bonchev–Trinajstić information content (AvgIpc) is 3.13. The molecule has 0 radical (unpaired) electrons. The van der Waals surface area contributed by atoms with Gasteiger partial charge < -0.3 is 9.84 Å². The quantitative estimate of drug-likeness (QED) is 0.873. The highest BCUT2D eigenvalue weighted by Gasteiger charge is 2.35. The molecule has 23 heavy (non-hydrogen) atoms. The lowest BCUT2D eigenvalue weighted by molar-refractivity contribution is 0.0696. The predicted octanol–water partition coefficient (Wildman–Crippen LogP) is 1.77. The zero-order chi connectivity index (χ0) is 16.4. The number of carbonyl (C=O) groups is 1. The van der Waals surface area contributed by atoms with Gasteiger partial charge in [-0.2, -0.15) is 5.10 Å². The first kappa shape index (κ1) is 15.6. The van der Waals surface area contributed by atoms with Crippen LogP contribution in [0.3, 0.4) is 0 Å². The molecule has 0 amide bonds. The van der Waals surface area contributed by atoms with Gasteiger partial charge in [0.2, 0.25) is 0 Å². The topological polar surface area (TPSA) is 91.3 Å². The van der Waals surface area contributed by atoms with Crippen molar-refractivity contribution in [1.29, 1.82) is 0 Å². The minimum atomic E-state index is -0.913. The summed E-state index contributed by atoms with van der Waals surface area (Å²) in [6.07, 6.45) is 0.952. The Kier molecular flexibility index (Phi) is 4.40. The fourth-order valence-electron chi connectivity index (χ4n) is 3.02. The van der Waals surface area contributed by atoms with E-state index in [0.29, 0.717) is 12.1 Å². The highest BCUT2D eigenvalue weighted by molar-refractivity contribution is 5.87. The number of methoxy groups -OCH3 is 1. The molecular formula is C16H20N4O3. The third-order valence-corrected chi connectivity index (χ3v) is 4.17. The highest BCUT2D eigenvalue weighted by atomic mass is 16.5. The number of hydrogen-bond acceptors (Lipinski definition) is 5. The molecule has 0 unspecified atom stereocenters. The van der Waals surface area contributed by atoms with E-state index in [1.807, 2.05) is 13.0 Å². The van der Waals surface area contributed by atoms with Gasteiger partial charge >= 0.3 is 5.97 Å². The standard InChI is InChI=1S/C16H20N4O3/c1-10-17-15(19-18-10)14-7-13(23-2)9-20(14)8-11-4-3-5-12(6-11)16(21)22/h3-6,13-14H,7-9H2,1-2H3,(H,21,22)(H,17,18,19)/t13-,14+/m1/s1. The van der Waals surface area contributed by atoms with Gasteiger partial charge in [-0.05, 0) is 31.0 Å². The number of rotatable bonds is 5. The highest BCUT2D eigenvalue weighted by Crippen LogP contribution is 2.32. The molecular weight excluding hydrogens is 296 g/mol. The number of hydrogen-bond donors (Lipinski definition) is 2. The zero-order valence-electron chi connectivity index (χ0n) is 13.2. The van der Waals surface area contributed by atoms with Gasteiger partial charge in [0.15, 0.2) is 5.82 Å². The van der Waals surface area contributed by atoms with E-state index in [0.717, 1.165) is 30.2 Å². The minimum Gasteiger partial charge on any atom is -0.478 e. The van der Waals surface area contributed by atoms with Crippen molar-refractivity contribution < 1.29 is 14.6 Å². The van der Waals surface area contributed by atoms with E-state index in [-0.39, 0.29) is 12.1 Å². The van der Waals surface area contributed by atoms with Gasteiger partial charge in [-0.1, -0.05) is 12.1 Å². The van der Waals surface area contributed by atoms with Crippen LogP contribution in [0.1, 0.15) is 40.0 Å². The van der Waals surface area contributed by atoms with Crippen LogP contribution < -0.4 is 0 Å². The summed E-state index contributed by atoms with van der Waals surface area (Å²) in [6, 6.07) is 7.09. The first-order valence-corrected chi connectivity index (χ1v) is 7.55. The van der Waals surface area contributed by atoms with E-state index in [1.54, 1.807) is 25.3 Å². The number of aromatic amines is 1. The Hall–Kier alpha value is -2.25. The zero-order valence-corrected chi connectivity index (χ0v) is 13.2. The van der Waals surface area contributed by atoms with Crippen molar-refractivity contribution in [2.24, 2.45) is 0 Å². The number of nitrogens with one attached hydrogen (secondary N) is 1. The predicted molar refractivity (Wildman–Crippen MR) is 83.1 cm³/mol. The van der Waals surface area contributed by atoms with Crippen molar-refractivity contribution >= 4 is 5.97 Å². The smallest absolute Gasteiger partial charge is 0.335 e. The fraction of sp³-hybridized carbons (Fsp3) is 0.438. The number of aryl methyl sites for hydroxylation is 1. The second-order valence-corrected chi connectivity index (χ2v) is 5.82. The van der Waals surface area contributed by atoms with Gasteiger partial charge in [-0.15, -0.1) is 0 Å². The Labute approximate surface area is 134 Å². The van der Waals surface area contributed by atoms with Crippen LogP contribution in [0.15, 0.2) is 24.3 Å². The van der Waals surface area contributed by atoms with E-state index < -0.39 is 5.97 Å². The maximum absolute atomic E-state index is 11.1. The molecule has 2 aromatic rings. The van der Waals surface area contributed by atoms with Crippen LogP contribution in [-0.2, 0) is 11.3 Å². The maximum atomic E-state index is 11.1. The van der Waals surface area contributed by atoms with Crippen LogP contribution in [0, 0.1) is 6.92 Å². The lowest BCUT2D eigenvalue weighted by atomic mass is 10.1. The number of carboxylic acid groups (broad SMARTS) is 1. The normalized spacial score (nSPS) is 21.7. The number of nitrogens with zero attached hydrogens (tertiary/aromatic N) is 3. The fourth-order valence-corrected chi connectivity index (χ4v) is 3.02. The summed E-state index contributed by atoms with van der Waals surface area (Å²) in [4.78, 5) is 17.8. The second kappa shape index (κ2) is 6.47. The van der Waals surface area contributed by atoms with Crippen molar-refractivity contribution in [3.8, 4) is 0 Å². The van der Waals surface area contributed by atoms with Crippen molar-refractivity contribution in [2.75, 3.05) is 13.7 Å². The molecule has 3 rings (SSSR count). The summed E-state index contributed by atoms with van der Waals surface area (Å²) < 4.78 is 5.50. The molecule has 1 fully saturated rings. The van der Waals surface area contributed by atoms with Crippen LogP contribution in [0.2, 0.25) is 0 Å². The molecule has 2 atom stereocenters. The van der Waals surface area contributed by atoms with Crippen molar-refractivity contribution in [3.63, 3.8) is 0 Å². The molecule has 7 nitrogen and oxygen atoms in total. The Morgan fingerprint density at radius 1 is 1.52 bits per heavy atom. The molecule has 0 aliphatic carbocycles. The molecule has 2 heterocycles. The number of ether oxygens (including phenoxy) is 1. The van der Waals surface area contributed by atoms with Crippen LogP contribution >= 0.6 is 0 Å². The number of aromatic nitrogens is 3.